The molecule has 0 radical (unpaired) electrons. The highest BCUT2D eigenvalue weighted by atomic mass is 16.5. The molecule has 0 saturated carbocycles. The lowest BCUT2D eigenvalue weighted by Crippen LogP contribution is -2.28. The molecule has 7 heteroatoms. The molecule has 2 aromatic rings. The van der Waals surface area contributed by atoms with Gasteiger partial charge in [0, 0.05) is 18.8 Å². The van der Waals surface area contributed by atoms with Crippen LogP contribution in [0.25, 0.3) is 0 Å². The van der Waals surface area contributed by atoms with E-state index in [9.17, 15) is 9.59 Å². The second kappa shape index (κ2) is 4.81. The topological polar surface area (TPSA) is 110 Å². The molecule has 1 heterocycles. The third kappa shape index (κ3) is 2.39. The summed E-state index contributed by atoms with van der Waals surface area (Å²) in [6.07, 6.45) is 1.27. The smallest absolute Gasteiger partial charge is 0.337 e. The van der Waals surface area contributed by atoms with Crippen LogP contribution >= 0.6 is 0 Å². The zero-order valence-electron chi connectivity index (χ0n) is 10.0. The van der Waals surface area contributed by atoms with Gasteiger partial charge in [-0.3, -0.25) is 4.79 Å². The first-order valence-electron chi connectivity index (χ1n) is 5.32. The number of carboxylic acid groups (broad SMARTS) is 1. The maximum Gasteiger partial charge on any atom is 0.337 e. The SMILES string of the molecule is CN(C(=O)c1ccon1)c1ccc(N)cc1C(=O)O. The van der Waals surface area contributed by atoms with Crippen LogP contribution in [0.5, 0.6) is 0 Å². The largest absolute Gasteiger partial charge is 0.478 e. The summed E-state index contributed by atoms with van der Waals surface area (Å²) in [6, 6.07) is 5.69. The maximum atomic E-state index is 12.0. The van der Waals surface area contributed by atoms with Gasteiger partial charge in [-0.1, -0.05) is 5.16 Å². The van der Waals surface area contributed by atoms with E-state index in [1.165, 1.54) is 42.5 Å². The molecule has 0 aliphatic carbocycles. The summed E-state index contributed by atoms with van der Waals surface area (Å²) in [6.45, 7) is 0. The minimum absolute atomic E-state index is 0.0562. The Morgan fingerprint density at radius 2 is 2.11 bits per heavy atom. The van der Waals surface area contributed by atoms with Gasteiger partial charge in [0.1, 0.15) is 6.26 Å². The molecule has 0 bridgehead atoms. The molecule has 98 valence electrons. The molecule has 0 fully saturated rings. The lowest BCUT2D eigenvalue weighted by Gasteiger charge is -2.18. The van der Waals surface area contributed by atoms with Gasteiger partial charge in [-0.15, -0.1) is 0 Å². The van der Waals surface area contributed by atoms with Crippen LogP contribution in [0.15, 0.2) is 35.1 Å². The van der Waals surface area contributed by atoms with Crippen molar-refractivity contribution in [2.75, 3.05) is 17.7 Å². The number of aromatic carboxylic acids is 1. The van der Waals surface area contributed by atoms with Crippen LogP contribution in [0.1, 0.15) is 20.8 Å². The fraction of sp³-hybridized carbons (Fsp3) is 0.0833. The second-order valence-electron chi connectivity index (χ2n) is 3.83. The number of rotatable bonds is 3. The Morgan fingerprint density at radius 1 is 1.37 bits per heavy atom. The van der Waals surface area contributed by atoms with Crippen LogP contribution < -0.4 is 10.6 Å². The molecule has 3 N–H and O–H groups in total. The van der Waals surface area contributed by atoms with Crippen molar-refractivity contribution in [1.82, 2.24) is 5.16 Å². The lowest BCUT2D eigenvalue weighted by molar-refractivity contribution is 0.0698. The van der Waals surface area contributed by atoms with E-state index in [-0.39, 0.29) is 16.9 Å². The number of carbonyl (C=O) groups excluding carboxylic acids is 1. The monoisotopic (exact) mass is 261 g/mol. The van der Waals surface area contributed by atoms with Crippen LogP contribution in [0.4, 0.5) is 11.4 Å². The highest BCUT2D eigenvalue weighted by Gasteiger charge is 2.21. The van der Waals surface area contributed by atoms with Crippen LogP contribution in [-0.4, -0.2) is 29.2 Å². The molecular formula is C12H11N3O4. The first kappa shape index (κ1) is 12.6. The summed E-state index contributed by atoms with van der Waals surface area (Å²) >= 11 is 0. The fourth-order valence-corrected chi connectivity index (χ4v) is 1.62. The van der Waals surface area contributed by atoms with E-state index in [4.69, 9.17) is 10.8 Å². The Morgan fingerprint density at radius 3 is 2.68 bits per heavy atom. The Hall–Kier alpha value is -2.83. The van der Waals surface area contributed by atoms with E-state index in [0.29, 0.717) is 5.69 Å². The Balaban J connectivity index is 2.41. The maximum absolute atomic E-state index is 12.0. The first-order valence-corrected chi connectivity index (χ1v) is 5.32. The van der Waals surface area contributed by atoms with Crippen molar-refractivity contribution in [3.63, 3.8) is 0 Å². The average Bonchev–Trinajstić information content (AvgIpc) is 2.90. The molecule has 7 nitrogen and oxygen atoms in total. The third-order valence-electron chi connectivity index (χ3n) is 2.57. The standard InChI is InChI=1S/C12H11N3O4/c1-15(11(16)9-4-5-19-14-9)10-3-2-7(13)6-8(10)12(17)18/h2-6H,13H2,1H3,(H,17,18). The highest BCUT2D eigenvalue weighted by Crippen LogP contribution is 2.23. The van der Waals surface area contributed by atoms with Gasteiger partial charge in [0.25, 0.3) is 5.91 Å². The van der Waals surface area contributed by atoms with Gasteiger partial charge in [-0.2, -0.15) is 0 Å². The Labute approximate surface area is 108 Å². The number of nitrogen functional groups attached to an aromatic ring is 1. The van der Waals surface area contributed by atoms with Crippen molar-refractivity contribution in [3.05, 3.63) is 41.8 Å². The van der Waals surface area contributed by atoms with E-state index >= 15 is 0 Å². The van der Waals surface area contributed by atoms with Gasteiger partial charge in [0.15, 0.2) is 5.69 Å². The van der Waals surface area contributed by atoms with Crippen LogP contribution in [0.3, 0.4) is 0 Å². The third-order valence-corrected chi connectivity index (χ3v) is 2.57. The van der Waals surface area contributed by atoms with Gasteiger partial charge >= 0.3 is 5.97 Å². The number of benzene rings is 1. The summed E-state index contributed by atoms with van der Waals surface area (Å²) in [4.78, 5) is 24.4. The number of nitrogens with two attached hydrogens (primary N) is 1. The quantitative estimate of drug-likeness (QED) is 0.804. The van der Waals surface area contributed by atoms with E-state index in [0.717, 1.165) is 0 Å². The number of nitrogens with zero attached hydrogens (tertiary/aromatic N) is 2. The number of carbonyl (C=O) groups is 2. The predicted octanol–water partition coefficient (Wildman–Crippen LogP) is 1.23. The molecule has 1 amide bonds. The van der Waals surface area contributed by atoms with E-state index < -0.39 is 11.9 Å². The summed E-state index contributed by atoms with van der Waals surface area (Å²) in [5.74, 6) is -1.64. The first-order chi connectivity index (χ1) is 9.00. The van der Waals surface area contributed by atoms with Crippen molar-refractivity contribution in [3.8, 4) is 0 Å². The summed E-state index contributed by atoms with van der Waals surface area (Å²) in [5, 5.41) is 12.6. The van der Waals surface area contributed by atoms with E-state index in [2.05, 4.69) is 9.68 Å². The molecule has 0 aliphatic heterocycles. The molecule has 0 atom stereocenters. The Bertz CT molecular complexity index is 622. The molecule has 19 heavy (non-hydrogen) atoms. The van der Waals surface area contributed by atoms with Crippen molar-refractivity contribution in [2.24, 2.45) is 0 Å². The molecule has 2 rings (SSSR count). The number of anilines is 2. The lowest BCUT2D eigenvalue weighted by atomic mass is 10.1. The highest BCUT2D eigenvalue weighted by molar-refractivity contribution is 6.08. The minimum atomic E-state index is -1.16. The molecule has 0 unspecified atom stereocenters. The summed E-state index contributed by atoms with van der Waals surface area (Å²) in [7, 11) is 1.45. The fourth-order valence-electron chi connectivity index (χ4n) is 1.62. The van der Waals surface area contributed by atoms with Gasteiger partial charge in [0.05, 0.1) is 11.3 Å². The number of aromatic nitrogens is 1. The molecule has 1 aromatic carbocycles. The second-order valence-corrected chi connectivity index (χ2v) is 3.83. The zero-order valence-corrected chi connectivity index (χ0v) is 10.0. The molecule has 0 saturated heterocycles. The normalized spacial score (nSPS) is 10.2. The number of amides is 1. The molecular weight excluding hydrogens is 250 g/mol. The van der Waals surface area contributed by atoms with Crippen LogP contribution in [0.2, 0.25) is 0 Å². The van der Waals surface area contributed by atoms with Crippen molar-refractivity contribution < 1.29 is 19.2 Å². The van der Waals surface area contributed by atoms with Gasteiger partial charge in [0.2, 0.25) is 0 Å². The van der Waals surface area contributed by atoms with E-state index in [1.54, 1.807) is 0 Å². The van der Waals surface area contributed by atoms with Crippen molar-refractivity contribution in [1.29, 1.82) is 0 Å². The molecule has 1 aromatic heterocycles. The number of carboxylic acids is 1. The van der Waals surface area contributed by atoms with Crippen LogP contribution in [0, 0.1) is 0 Å². The van der Waals surface area contributed by atoms with Gasteiger partial charge in [-0.25, -0.2) is 4.79 Å². The summed E-state index contributed by atoms with van der Waals surface area (Å²) < 4.78 is 4.58. The van der Waals surface area contributed by atoms with Gasteiger partial charge in [-0.05, 0) is 18.2 Å². The average molecular weight is 261 g/mol. The molecule has 0 spiro atoms. The molecule has 0 aliphatic rings. The number of hydrogen-bond acceptors (Lipinski definition) is 5. The number of hydrogen-bond donors (Lipinski definition) is 2. The predicted molar refractivity (Wildman–Crippen MR) is 67.1 cm³/mol. The van der Waals surface area contributed by atoms with Crippen LogP contribution in [-0.2, 0) is 0 Å². The van der Waals surface area contributed by atoms with Crippen molar-refractivity contribution >= 4 is 23.3 Å². The summed E-state index contributed by atoms with van der Waals surface area (Å²) in [5.41, 5.74) is 6.12. The van der Waals surface area contributed by atoms with Gasteiger partial charge < -0.3 is 20.3 Å². The minimum Gasteiger partial charge on any atom is -0.478 e. The Kier molecular flexibility index (Phi) is 3.19. The van der Waals surface area contributed by atoms with E-state index in [1.807, 2.05) is 0 Å². The van der Waals surface area contributed by atoms with Crippen molar-refractivity contribution in [2.45, 2.75) is 0 Å². The zero-order chi connectivity index (χ0) is 14.0.